The molecule has 0 bridgehead atoms. The van der Waals surface area contributed by atoms with Crippen molar-refractivity contribution in [3.05, 3.63) is 35.5 Å². The normalized spacial score (nSPS) is 11.2. The molecule has 2 aromatic heterocycles. The van der Waals surface area contributed by atoms with E-state index in [-0.39, 0.29) is 0 Å². The van der Waals surface area contributed by atoms with Crippen LogP contribution in [-0.2, 0) is 13.6 Å². The molecule has 3 rings (SSSR count). The summed E-state index contributed by atoms with van der Waals surface area (Å²) in [4.78, 5) is 9.85. The van der Waals surface area contributed by atoms with Gasteiger partial charge < -0.3 is 10.3 Å². The van der Waals surface area contributed by atoms with E-state index in [1.165, 1.54) is 0 Å². The van der Waals surface area contributed by atoms with E-state index in [9.17, 15) is 0 Å². The van der Waals surface area contributed by atoms with Gasteiger partial charge in [0.1, 0.15) is 0 Å². The quantitative estimate of drug-likeness (QED) is 0.751. The molecule has 0 spiro atoms. The Bertz CT molecular complexity index is 655. The number of hydrogen-bond donors (Lipinski definition) is 1. The highest BCUT2D eigenvalue weighted by Gasteiger charge is 2.12. The number of aryl methyl sites for hydroxylation is 1. The van der Waals surface area contributed by atoms with Crippen molar-refractivity contribution in [2.75, 3.05) is 0 Å². The van der Waals surface area contributed by atoms with E-state index in [1.807, 2.05) is 30.9 Å². The molecule has 0 saturated heterocycles. The van der Waals surface area contributed by atoms with Gasteiger partial charge in [0.15, 0.2) is 5.82 Å². The lowest BCUT2D eigenvalue weighted by Crippen LogP contribution is -1.97. The highest BCUT2D eigenvalue weighted by atomic mass is 32.1. The molecular weight excluding hydrogens is 232 g/mol. The zero-order valence-electron chi connectivity index (χ0n) is 9.42. The molecule has 0 unspecified atom stereocenters. The van der Waals surface area contributed by atoms with E-state index in [1.54, 1.807) is 11.3 Å². The standard InChI is InChI=1S/C12H12N4S/c1-16-9-4-2-3-8(5-13)11(9)15-12(16)10-6-14-7-17-10/h2-4,6-7H,5,13H2,1H3. The van der Waals surface area contributed by atoms with Gasteiger partial charge in [0.05, 0.1) is 21.4 Å². The number of thiazole rings is 1. The lowest BCUT2D eigenvalue weighted by atomic mass is 10.2. The van der Waals surface area contributed by atoms with Crippen molar-refractivity contribution in [2.45, 2.75) is 6.54 Å². The Kier molecular flexibility index (Phi) is 2.42. The van der Waals surface area contributed by atoms with Crippen LogP contribution in [0.3, 0.4) is 0 Å². The summed E-state index contributed by atoms with van der Waals surface area (Å²) < 4.78 is 2.09. The van der Waals surface area contributed by atoms with Crippen molar-refractivity contribution in [1.82, 2.24) is 14.5 Å². The SMILES string of the molecule is Cn1c(-c2cncs2)nc2c(CN)cccc21. The molecule has 0 saturated carbocycles. The lowest BCUT2D eigenvalue weighted by Gasteiger charge is -1.99. The molecule has 0 aliphatic carbocycles. The van der Waals surface area contributed by atoms with E-state index >= 15 is 0 Å². The van der Waals surface area contributed by atoms with Gasteiger partial charge in [-0.1, -0.05) is 12.1 Å². The number of hydrogen-bond acceptors (Lipinski definition) is 4. The van der Waals surface area contributed by atoms with Crippen molar-refractivity contribution in [1.29, 1.82) is 0 Å². The Labute approximate surface area is 103 Å². The van der Waals surface area contributed by atoms with Gasteiger partial charge in [-0.05, 0) is 11.6 Å². The number of para-hydroxylation sites is 1. The van der Waals surface area contributed by atoms with Crippen LogP contribution in [0.5, 0.6) is 0 Å². The van der Waals surface area contributed by atoms with Crippen LogP contribution in [0.2, 0.25) is 0 Å². The molecule has 2 N–H and O–H groups in total. The second-order valence-electron chi connectivity index (χ2n) is 3.85. The third-order valence-electron chi connectivity index (χ3n) is 2.87. The lowest BCUT2D eigenvalue weighted by molar-refractivity contribution is 0.962. The molecule has 4 nitrogen and oxygen atoms in total. The molecule has 1 aromatic carbocycles. The smallest absolute Gasteiger partial charge is 0.152 e. The van der Waals surface area contributed by atoms with Crippen molar-refractivity contribution < 1.29 is 0 Å². The Hall–Kier alpha value is -1.72. The third-order valence-corrected chi connectivity index (χ3v) is 3.64. The molecule has 0 atom stereocenters. The number of imidazole rings is 1. The van der Waals surface area contributed by atoms with Crippen LogP contribution in [0.4, 0.5) is 0 Å². The molecule has 17 heavy (non-hydrogen) atoms. The van der Waals surface area contributed by atoms with E-state index in [2.05, 4.69) is 20.6 Å². The van der Waals surface area contributed by atoms with Crippen LogP contribution in [0.1, 0.15) is 5.56 Å². The molecule has 0 amide bonds. The number of aromatic nitrogens is 3. The summed E-state index contributed by atoms with van der Waals surface area (Å²) in [5, 5.41) is 0. The zero-order valence-corrected chi connectivity index (χ0v) is 10.2. The highest BCUT2D eigenvalue weighted by molar-refractivity contribution is 7.13. The van der Waals surface area contributed by atoms with Crippen molar-refractivity contribution in [3.63, 3.8) is 0 Å². The minimum Gasteiger partial charge on any atom is -0.326 e. The van der Waals surface area contributed by atoms with Gasteiger partial charge in [-0.3, -0.25) is 4.98 Å². The van der Waals surface area contributed by atoms with E-state index < -0.39 is 0 Å². The topological polar surface area (TPSA) is 56.7 Å². The third kappa shape index (κ3) is 1.55. The predicted octanol–water partition coefficient (Wildman–Crippen LogP) is 2.16. The minimum absolute atomic E-state index is 0.510. The second-order valence-corrected chi connectivity index (χ2v) is 4.74. The van der Waals surface area contributed by atoms with Crippen molar-refractivity contribution in [3.8, 4) is 10.7 Å². The van der Waals surface area contributed by atoms with Crippen molar-refractivity contribution in [2.24, 2.45) is 12.8 Å². The maximum absolute atomic E-state index is 5.73. The first-order valence-electron chi connectivity index (χ1n) is 5.34. The number of benzene rings is 1. The predicted molar refractivity (Wildman–Crippen MR) is 69.7 cm³/mol. The largest absolute Gasteiger partial charge is 0.326 e. The fourth-order valence-corrected chi connectivity index (χ4v) is 2.63. The average Bonchev–Trinajstić information content (AvgIpc) is 2.97. The van der Waals surface area contributed by atoms with E-state index in [0.29, 0.717) is 6.54 Å². The molecule has 2 heterocycles. The number of fused-ring (bicyclic) bond motifs is 1. The molecule has 0 radical (unpaired) electrons. The molecule has 5 heteroatoms. The molecule has 3 aromatic rings. The second kappa shape index (κ2) is 3.94. The Morgan fingerprint density at radius 1 is 1.41 bits per heavy atom. The fourth-order valence-electron chi connectivity index (χ4n) is 1.98. The summed E-state index contributed by atoms with van der Waals surface area (Å²) >= 11 is 1.59. The first-order valence-corrected chi connectivity index (χ1v) is 6.22. The van der Waals surface area contributed by atoms with Crippen LogP contribution in [0, 0.1) is 0 Å². The fraction of sp³-hybridized carbons (Fsp3) is 0.167. The molecule has 86 valence electrons. The maximum atomic E-state index is 5.73. The Balaban J connectivity index is 2.32. The van der Waals surface area contributed by atoms with E-state index in [4.69, 9.17) is 5.73 Å². The zero-order chi connectivity index (χ0) is 11.8. The number of nitrogens with zero attached hydrogens (tertiary/aromatic N) is 3. The van der Waals surface area contributed by atoms with Gasteiger partial charge in [0, 0.05) is 19.8 Å². The molecule has 0 aliphatic rings. The first kappa shape index (κ1) is 10.4. The Morgan fingerprint density at radius 2 is 2.29 bits per heavy atom. The summed E-state index contributed by atoms with van der Waals surface area (Å²) in [6.07, 6.45) is 1.84. The van der Waals surface area contributed by atoms with Crippen molar-refractivity contribution >= 4 is 22.4 Å². The van der Waals surface area contributed by atoms with Gasteiger partial charge in [-0.15, -0.1) is 11.3 Å². The van der Waals surface area contributed by atoms with Gasteiger partial charge in [-0.2, -0.15) is 0 Å². The summed E-state index contributed by atoms with van der Waals surface area (Å²) in [6.45, 7) is 0.510. The molecular formula is C12H12N4S. The van der Waals surface area contributed by atoms with Crippen LogP contribution >= 0.6 is 11.3 Å². The maximum Gasteiger partial charge on any atom is 0.152 e. The van der Waals surface area contributed by atoms with Gasteiger partial charge in [0.2, 0.25) is 0 Å². The summed E-state index contributed by atoms with van der Waals surface area (Å²) in [5.41, 5.74) is 10.7. The highest BCUT2D eigenvalue weighted by Crippen LogP contribution is 2.27. The number of nitrogens with two attached hydrogens (primary N) is 1. The molecule has 0 aliphatic heterocycles. The van der Waals surface area contributed by atoms with Gasteiger partial charge in [0.25, 0.3) is 0 Å². The van der Waals surface area contributed by atoms with Crippen LogP contribution in [0.25, 0.3) is 21.7 Å². The average molecular weight is 244 g/mol. The monoisotopic (exact) mass is 244 g/mol. The first-order chi connectivity index (χ1) is 8.31. The minimum atomic E-state index is 0.510. The van der Waals surface area contributed by atoms with E-state index in [0.717, 1.165) is 27.3 Å². The van der Waals surface area contributed by atoms with Crippen LogP contribution in [0.15, 0.2) is 29.9 Å². The van der Waals surface area contributed by atoms with Crippen LogP contribution in [-0.4, -0.2) is 14.5 Å². The van der Waals surface area contributed by atoms with Gasteiger partial charge >= 0.3 is 0 Å². The van der Waals surface area contributed by atoms with Gasteiger partial charge in [-0.25, -0.2) is 4.98 Å². The summed E-state index contributed by atoms with van der Waals surface area (Å²) in [5.74, 6) is 0.948. The molecule has 0 fully saturated rings. The van der Waals surface area contributed by atoms with Crippen LogP contribution < -0.4 is 5.73 Å². The number of rotatable bonds is 2. The Morgan fingerprint density at radius 3 is 3.00 bits per heavy atom. The summed E-state index contributed by atoms with van der Waals surface area (Å²) in [7, 11) is 2.02. The summed E-state index contributed by atoms with van der Waals surface area (Å²) in [6, 6.07) is 6.10.